The minimum Gasteiger partial charge on any atom is -0.453 e. The van der Waals surface area contributed by atoms with Gasteiger partial charge in [0.25, 0.3) is 0 Å². The molecule has 1 aromatic heterocycles. The maximum atomic E-state index is 10.5. The molecule has 6 heteroatoms. The molecule has 5 nitrogen and oxygen atoms in total. The number of rotatable bonds is 1. The van der Waals surface area contributed by atoms with E-state index in [0.717, 1.165) is 11.5 Å². The van der Waals surface area contributed by atoms with Gasteiger partial charge in [0.15, 0.2) is 0 Å². The molecule has 0 aromatic carbocycles. The summed E-state index contributed by atoms with van der Waals surface area (Å²) in [6, 6.07) is 0. The molecule has 0 bridgehead atoms. The van der Waals surface area contributed by atoms with E-state index in [9.17, 15) is 4.79 Å². The summed E-state index contributed by atoms with van der Waals surface area (Å²) in [7, 11) is 1.29. The highest BCUT2D eigenvalue weighted by atomic mass is 32.1. The van der Waals surface area contributed by atoms with Crippen molar-refractivity contribution in [3.63, 3.8) is 0 Å². The maximum absolute atomic E-state index is 10.5. The fraction of sp³-hybridized carbons (Fsp3) is 0.250. The van der Waals surface area contributed by atoms with E-state index in [0.29, 0.717) is 5.13 Å². The molecule has 0 atom stereocenters. The molecule has 1 heterocycles. The molecule has 1 amide bonds. The van der Waals surface area contributed by atoms with Gasteiger partial charge in [-0.1, -0.05) is 0 Å². The zero-order chi connectivity index (χ0) is 7.40. The third kappa shape index (κ3) is 1.66. The number of nitrogens with zero attached hydrogens (tertiary/aromatic N) is 2. The Morgan fingerprint density at radius 3 is 3.20 bits per heavy atom. The molecule has 0 radical (unpaired) electrons. The number of carbonyl (C=O) groups excluding carboxylic acids is 1. The van der Waals surface area contributed by atoms with Crippen LogP contribution in [-0.2, 0) is 4.74 Å². The van der Waals surface area contributed by atoms with Crippen LogP contribution in [0.5, 0.6) is 0 Å². The van der Waals surface area contributed by atoms with Crippen molar-refractivity contribution >= 4 is 22.8 Å². The molecule has 1 N–H and O–H groups in total. The molecule has 0 unspecified atom stereocenters. The first-order valence-corrected chi connectivity index (χ1v) is 3.22. The summed E-state index contributed by atoms with van der Waals surface area (Å²) in [6.45, 7) is 0. The van der Waals surface area contributed by atoms with Crippen molar-refractivity contribution in [3.05, 3.63) is 6.33 Å². The Kier molecular flexibility index (Phi) is 2.16. The van der Waals surface area contributed by atoms with E-state index >= 15 is 0 Å². The standard InChI is InChI=1S/C4H5N3O2S/c1-9-4(8)7-3-5-2-6-10-3/h2H,1H3,(H,5,6,7,8). The predicted molar refractivity (Wildman–Crippen MR) is 35.9 cm³/mol. The number of amides is 1. The van der Waals surface area contributed by atoms with Gasteiger partial charge in [-0.25, -0.2) is 9.78 Å². The van der Waals surface area contributed by atoms with Crippen LogP contribution in [0, 0.1) is 0 Å². The van der Waals surface area contributed by atoms with Crippen LogP contribution < -0.4 is 5.32 Å². The molecule has 0 aliphatic carbocycles. The van der Waals surface area contributed by atoms with Crippen LogP contribution >= 0.6 is 11.5 Å². The molecule has 1 rings (SSSR count). The second-order valence-electron chi connectivity index (χ2n) is 1.36. The van der Waals surface area contributed by atoms with Crippen molar-refractivity contribution in [1.29, 1.82) is 0 Å². The number of ether oxygens (including phenoxy) is 1. The molecule has 1 aromatic rings. The molecule has 0 aliphatic rings. The summed E-state index contributed by atoms with van der Waals surface area (Å²) in [5, 5.41) is 2.79. The van der Waals surface area contributed by atoms with E-state index in [4.69, 9.17) is 0 Å². The van der Waals surface area contributed by atoms with Crippen LogP contribution in [-0.4, -0.2) is 22.6 Å². The third-order valence-corrected chi connectivity index (χ3v) is 1.34. The fourth-order valence-corrected chi connectivity index (χ4v) is 0.784. The number of methoxy groups -OCH3 is 1. The second kappa shape index (κ2) is 3.11. The third-order valence-electron chi connectivity index (χ3n) is 0.756. The van der Waals surface area contributed by atoms with Gasteiger partial charge >= 0.3 is 6.09 Å². The van der Waals surface area contributed by atoms with E-state index < -0.39 is 6.09 Å². The van der Waals surface area contributed by atoms with Gasteiger partial charge in [-0.3, -0.25) is 5.32 Å². The molecule has 0 spiro atoms. The maximum Gasteiger partial charge on any atom is 0.413 e. The Balaban J connectivity index is 2.48. The average molecular weight is 159 g/mol. The highest BCUT2D eigenvalue weighted by molar-refractivity contribution is 7.09. The lowest BCUT2D eigenvalue weighted by atomic mass is 11.0. The van der Waals surface area contributed by atoms with Crippen molar-refractivity contribution in [3.8, 4) is 0 Å². The lowest BCUT2D eigenvalue weighted by molar-refractivity contribution is 0.187. The predicted octanol–water partition coefficient (Wildman–Crippen LogP) is 0.716. The van der Waals surface area contributed by atoms with Gasteiger partial charge in [-0.05, 0) is 0 Å². The summed E-state index contributed by atoms with van der Waals surface area (Å²) in [5.41, 5.74) is 0. The van der Waals surface area contributed by atoms with Crippen LogP contribution in [0.1, 0.15) is 0 Å². The van der Waals surface area contributed by atoms with Gasteiger partial charge in [0.1, 0.15) is 6.33 Å². The topological polar surface area (TPSA) is 64.1 Å². The molecule has 0 saturated heterocycles. The fourth-order valence-electron chi connectivity index (χ4n) is 0.367. The molecular weight excluding hydrogens is 154 g/mol. The molecule has 0 fully saturated rings. The average Bonchev–Trinajstić information content (AvgIpc) is 2.40. The Bertz CT molecular complexity index is 210. The molecular formula is C4H5N3O2S. The van der Waals surface area contributed by atoms with Crippen molar-refractivity contribution in [2.24, 2.45) is 0 Å². The summed E-state index contributed by atoms with van der Waals surface area (Å²) in [4.78, 5) is 14.2. The summed E-state index contributed by atoms with van der Waals surface area (Å²) in [5.74, 6) is 0. The van der Waals surface area contributed by atoms with E-state index in [1.54, 1.807) is 0 Å². The number of carbonyl (C=O) groups is 1. The van der Waals surface area contributed by atoms with Gasteiger partial charge in [0, 0.05) is 11.5 Å². The van der Waals surface area contributed by atoms with E-state index in [1.165, 1.54) is 13.4 Å². The van der Waals surface area contributed by atoms with Crippen molar-refractivity contribution in [2.75, 3.05) is 12.4 Å². The Morgan fingerprint density at radius 1 is 1.90 bits per heavy atom. The van der Waals surface area contributed by atoms with Crippen LogP contribution in [0.2, 0.25) is 0 Å². The van der Waals surface area contributed by atoms with Gasteiger partial charge in [-0.2, -0.15) is 4.37 Å². The zero-order valence-electron chi connectivity index (χ0n) is 5.20. The molecule has 0 aliphatic heterocycles. The summed E-state index contributed by atoms with van der Waals surface area (Å²) in [6.07, 6.45) is 0.826. The smallest absolute Gasteiger partial charge is 0.413 e. The number of anilines is 1. The first-order chi connectivity index (χ1) is 4.83. The summed E-state index contributed by atoms with van der Waals surface area (Å²) < 4.78 is 7.98. The van der Waals surface area contributed by atoms with Crippen LogP contribution in [0.15, 0.2) is 6.33 Å². The Hall–Kier alpha value is -1.17. The lowest BCUT2D eigenvalue weighted by Gasteiger charge is -1.95. The molecule has 0 saturated carbocycles. The van der Waals surface area contributed by atoms with Gasteiger partial charge < -0.3 is 4.74 Å². The van der Waals surface area contributed by atoms with E-state index in [-0.39, 0.29) is 0 Å². The van der Waals surface area contributed by atoms with Gasteiger partial charge in [-0.15, -0.1) is 0 Å². The Labute approximate surface area is 61.2 Å². The number of nitrogens with one attached hydrogen (secondary N) is 1. The quantitative estimate of drug-likeness (QED) is 0.655. The normalized spacial score (nSPS) is 8.90. The molecule has 10 heavy (non-hydrogen) atoms. The Morgan fingerprint density at radius 2 is 2.70 bits per heavy atom. The largest absolute Gasteiger partial charge is 0.453 e. The van der Waals surface area contributed by atoms with E-state index in [1.807, 2.05) is 0 Å². The number of hydrogen-bond donors (Lipinski definition) is 1. The monoisotopic (exact) mass is 159 g/mol. The minimum atomic E-state index is -0.531. The number of aromatic nitrogens is 2. The first kappa shape index (κ1) is 6.94. The zero-order valence-corrected chi connectivity index (χ0v) is 6.01. The number of hydrogen-bond acceptors (Lipinski definition) is 5. The van der Waals surface area contributed by atoms with Crippen LogP contribution in [0.3, 0.4) is 0 Å². The van der Waals surface area contributed by atoms with Crippen molar-refractivity contribution in [1.82, 2.24) is 9.36 Å². The SMILES string of the molecule is COC(=O)Nc1ncns1. The second-order valence-corrected chi connectivity index (χ2v) is 2.14. The van der Waals surface area contributed by atoms with Crippen LogP contribution in [0.4, 0.5) is 9.93 Å². The first-order valence-electron chi connectivity index (χ1n) is 2.44. The van der Waals surface area contributed by atoms with Crippen molar-refractivity contribution in [2.45, 2.75) is 0 Å². The lowest BCUT2D eigenvalue weighted by Crippen LogP contribution is -2.10. The van der Waals surface area contributed by atoms with Gasteiger partial charge in [0.05, 0.1) is 7.11 Å². The highest BCUT2D eigenvalue weighted by Gasteiger charge is 2.01. The minimum absolute atomic E-state index is 0.437. The highest BCUT2D eigenvalue weighted by Crippen LogP contribution is 2.05. The summed E-state index contributed by atoms with van der Waals surface area (Å²) >= 11 is 1.09. The molecule has 54 valence electrons. The van der Waals surface area contributed by atoms with Crippen molar-refractivity contribution < 1.29 is 9.53 Å². The van der Waals surface area contributed by atoms with Gasteiger partial charge in [0.2, 0.25) is 5.13 Å². The van der Waals surface area contributed by atoms with E-state index in [2.05, 4.69) is 19.4 Å². The van der Waals surface area contributed by atoms with Crippen LogP contribution in [0.25, 0.3) is 0 Å².